The number of benzene rings is 2. The Morgan fingerprint density at radius 3 is 2.43 bits per heavy atom. The van der Waals surface area contributed by atoms with E-state index in [1.807, 2.05) is 39.0 Å². The van der Waals surface area contributed by atoms with Gasteiger partial charge in [-0.25, -0.2) is 0 Å². The zero-order chi connectivity index (χ0) is 21.8. The highest BCUT2D eigenvalue weighted by molar-refractivity contribution is 7.71. The Balaban J connectivity index is 1.58. The first-order chi connectivity index (χ1) is 14.3. The van der Waals surface area contributed by atoms with Gasteiger partial charge in [-0.15, -0.1) is 0 Å². The molecule has 30 heavy (non-hydrogen) atoms. The summed E-state index contributed by atoms with van der Waals surface area (Å²) in [6.45, 7) is 5.84. The van der Waals surface area contributed by atoms with E-state index in [-0.39, 0.29) is 41.7 Å². The molecule has 0 aliphatic rings. The zero-order valence-electron chi connectivity index (χ0n) is 17.2. The van der Waals surface area contributed by atoms with Gasteiger partial charge in [-0.3, -0.25) is 19.0 Å². The summed E-state index contributed by atoms with van der Waals surface area (Å²) in [5.41, 5.74) is 4.23. The van der Waals surface area contributed by atoms with Gasteiger partial charge in [0.15, 0.2) is 4.77 Å². The predicted octanol–water partition coefficient (Wildman–Crippen LogP) is 3.13. The highest BCUT2D eigenvalue weighted by Crippen LogP contribution is 2.21. The fourth-order valence-electron chi connectivity index (χ4n) is 3.44. The summed E-state index contributed by atoms with van der Waals surface area (Å²) in [5, 5.41) is 5.94. The van der Waals surface area contributed by atoms with Gasteiger partial charge >= 0.3 is 0 Å². The van der Waals surface area contributed by atoms with E-state index in [2.05, 4.69) is 15.6 Å². The van der Waals surface area contributed by atoms with Crippen LogP contribution in [0.25, 0.3) is 10.9 Å². The van der Waals surface area contributed by atoms with Crippen LogP contribution in [0.1, 0.15) is 23.1 Å². The Morgan fingerprint density at radius 1 is 1.07 bits per heavy atom. The van der Waals surface area contributed by atoms with Crippen LogP contribution in [0.3, 0.4) is 0 Å². The highest BCUT2D eigenvalue weighted by atomic mass is 32.1. The molecule has 0 saturated carbocycles. The third kappa shape index (κ3) is 4.83. The minimum absolute atomic E-state index is 0.0333. The quantitative estimate of drug-likeness (QED) is 0.530. The normalized spacial score (nSPS) is 10.8. The van der Waals surface area contributed by atoms with Gasteiger partial charge < -0.3 is 15.6 Å². The molecule has 2 amide bonds. The van der Waals surface area contributed by atoms with Crippen LogP contribution < -0.4 is 16.2 Å². The van der Waals surface area contributed by atoms with E-state index in [0.29, 0.717) is 10.9 Å². The number of rotatable bonds is 6. The maximum atomic E-state index is 12.6. The molecule has 0 atom stereocenters. The number of carbonyl (C=O) groups is 2. The maximum absolute atomic E-state index is 12.6. The Labute approximate surface area is 179 Å². The van der Waals surface area contributed by atoms with Gasteiger partial charge in [-0.1, -0.05) is 29.8 Å². The van der Waals surface area contributed by atoms with Crippen molar-refractivity contribution in [3.63, 3.8) is 0 Å². The first-order valence-electron chi connectivity index (χ1n) is 9.62. The predicted molar refractivity (Wildman–Crippen MR) is 120 cm³/mol. The Hall–Kier alpha value is -3.26. The summed E-state index contributed by atoms with van der Waals surface area (Å²) in [5.74, 6) is -0.643. The first kappa shape index (κ1) is 21.4. The molecule has 156 valence electrons. The number of aromatic nitrogens is 2. The number of hydrogen-bond acceptors (Lipinski definition) is 4. The molecule has 1 aromatic heterocycles. The van der Waals surface area contributed by atoms with E-state index in [0.717, 1.165) is 22.4 Å². The molecule has 0 radical (unpaired) electrons. The van der Waals surface area contributed by atoms with Crippen molar-refractivity contribution in [1.29, 1.82) is 0 Å². The average molecular weight is 425 g/mol. The fraction of sp³-hybridized carbons (Fsp3) is 0.273. The molecule has 0 fully saturated rings. The smallest absolute Gasteiger partial charge is 0.262 e. The number of aryl methyl sites for hydroxylation is 3. The third-order valence-corrected chi connectivity index (χ3v) is 5.16. The molecule has 0 aliphatic carbocycles. The number of nitrogens with one attached hydrogen (secondary N) is 3. The number of hydrogen-bond donors (Lipinski definition) is 3. The van der Waals surface area contributed by atoms with Gasteiger partial charge in [0, 0.05) is 18.7 Å². The lowest BCUT2D eigenvalue weighted by Gasteiger charge is -2.13. The number of amides is 2. The molecule has 0 aliphatic heterocycles. The molecule has 0 unspecified atom stereocenters. The monoisotopic (exact) mass is 424 g/mol. The van der Waals surface area contributed by atoms with Gasteiger partial charge in [0.05, 0.1) is 17.4 Å². The number of carbonyl (C=O) groups excluding carboxylic acids is 2. The van der Waals surface area contributed by atoms with Crippen molar-refractivity contribution in [2.24, 2.45) is 0 Å². The lowest BCUT2D eigenvalue weighted by Crippen LogP contribution is -2.34. The van der Waals surface area contributed by atoms with Gasteiger partial charge in [0.2, 0.25) is 11.8 Å². The number of aromatic amines is 1. The molecule has 2 aromatic carbocycles. The lowest BCUT2D eigenvalue weighted by molar-refractivity contribution is -0.124. The first-order valence-corrected chi connectivity index (χ1v) is 10.0. The largest absolute Gasteiger partial charge is 0.347 e. The van der Waals surface area contributed by atoms with Crippen LogP contribution in [0.5, 0.6) is 0 Å². The fourth-order valence-corrected chi connectivity index (χ4v) is 3.73. The number of nitrogens with zero attached hydrogens (tertiary/aromatic N) is 1. The van der Waals surface area contributed by atoms with Crippen molar-refractivity contribution in [1.82, 2.24) is 14.9 Å². The molecule has 1 heterocycles. The van der Waals surface area contributed by atoms with E-state index < -0.39 is 0 Å². The molecule has 0 spiro atoms. The van der Waals surface area contributed by atoms with Gasteiger partial charge in [0.25, 0.3) is 5.56 Å². The van der Waals surface area contributed by atoms with E-state index >= 15 is 0 Å². The SMILES string of the molecule is Cc1cc(C)c(NC(=O)CNC(=O)CCn2c(=S)[nH]c3ccccc3c2=O)c(C)c1. The second kappa shape index (κ2) is 9.04. The van der Waals surface area contributed by atoms with Crippen molar-refractivity contribution < 1.29 is 9.59 Å². The molecular weight excluding hydrogens is 400 g/mol. The van der Waals surface area contributed by atoms with Gasteiger partial charge in [-0.2, -0.15) is 0 Å². The summed E-state index contributed by atoms with van der Waals surface area (Å²) in [4.78, 5) is 40.0. The van der Waals surface area contributed by atoms with Crippen molar-refractivity contribution in [2.45, 2.75) is 33.7 Å². The molecule has 3 N–H and O–H groups in total. The topological polar surface area (TPSA) is 96.0 Å². The summed E-state index contributed by atoms with van der Waals surface area (Å²) >= 11 is 5.24. The number of anilines is 1. The summed E-state index contributed by atoms with van der Waals surface area (Å²) in [6.07, 6.45) is 0.0333. The van der Waals surface area contributed by atoms with E-state index in [1.54, 1.807) is 18.2 Å². The molecule has 3 aromatic rings. The molecular formula is C22H24N4O3S. The van der Waals surface area contributed by atoms with Gasteiger partial charge in [0.1, 0.15) is 0 Å². The van der Waals surface area contributed by atoms with Crippen molar-refractivity contribution in [2.75, 3.05) is 11.9 Å². The minimum atomic E-state index is -0.336. The van der Waals surface area contributed by atoms with Crippen molar-refractivity contribution in [3.05, 3.63) is 68.2 Å². The summed E-state index contributed by atoms with van der Waals surface area (Å²) < 4.78 is 1.62. The molecule has 3 rings (SSSR count). The van der Waals surface area contributed by atoms with Gasteiger partial charge in [-0.05, 0) is 56.2 Å². The molecule has 7 nitrogen and oxygen atoms in total. The second-order valence-corrected chi connectivity index (χ2v) is 7.67. The molecule has 0 bridgehead atoms. The van der Waals surface area contributed by atoms with Crippen LogP contribution in [0.15, 0.2) is 41.2 Å². The van der Waals surface area contributed by atoms with Crippen LogP contribution in [0.4, 0.5) is 5.69 Å². The number of para-hydroxylation sites is 1. The van der Waals surface area contributed by atoms with E-state index in [1.165, 1.54) is 4.57 Å². The highest BCUT2D eigenvalue weighted by Gasteiger charge is 2.11. The van der Waals surface area contributed by atoms with Crippen LogP contribution in [-0.4, -0.2) is 27.9 Å². The Kier molecular flexibility index (Phi) is 6.47. The summed E-state index contributed by atoms with van der Waals surface area (Å²) in [6, 6.07) is 11.1. The zero-order valence-corrected chi connectivity index (χ0v) is 18.0. The van der Waals surface area contributed by atoms with E-state index in [4.69, 9.17) is 12.2 Å². The lowest BCUT2D eigenvalue weighted by atomic mass is 10.1. The number of fused-ring (bicyclic) bond motifs is 1. The summed E-state index contributed by atoms with van der Waals surface area (Å²) in [7, 11) is 0. The van der Waals surface area contributed by atoms with Crippen LogP contribution in [-0.2, 0) is 16.1 Å². The average Bonchev–Trinajstić information content (AvgIpc) is 2.69. The van der Waals surface area contributed by atoms with Crippen molar-refractivity contribution in [3.8, 4) is 0 Å². The van der Waals surface area contributed by atoms with Crippen LogP contribution >= 0.6 is 12.2 Å². The third-order valence-electron chi connectivity index (χ3n) is 4.84. The number of H-pyrrole nitrogens is 1. The minimum Gasteiger partial charge on any atom is -0.347 e. The van der Waals surface area contributed by atoms with Crippen LogP contribution in [0.2, 0.25) is 0 Å². The van der Waals surface area contributed by atoms with E-state index in [9.17, 15) is 14.4 Å². The Morgan fingerprint density at radius 2 is 1.73 bits per heavy atom. The standard InChI is InChI=1S/C22H24N4O3S/c1-13-10-14(2)20(15(3)11-13)25-19(28)12-23-18(27)8-9-26-21(29)16-6-4-5-7-17(16)24-22(26)30/h4-7,10-11H,8-9,12H2,1-3H3,(H,23,27)(H,24,30)(H,25,28). The van der Waals surface area contributed by atoms with Crippen LogP contribution in [0, 0.1) is 25.5 Å². The van der Waals surface area contributed by atoms with Crippen molar-refractivity contribution >= 4 is 40.6 Å². The molecule has 0 saturated heterocycles. The second-order valence-electron chi connectivity index (χ2n) is 7.28. The molecule has 8 heteroatoms. The maximum Gasteiger partial charge on any atom is 0.262 e. The Bertz CT molecular complexity index is 1220.